The summed E-state index contributed by atoms with van der Waals surface area (Å²) in [5, 5.41) is 4.28. The van der Waals surface area contributed by atoms with E-state index in [0.29, 0.717) is 6.04 Å². The third-order valence-corrected chi connectivity index (χ3v) is 3.86. The summed E-state index contributed by atoms with van der Waals surface area (Å²) in [4.78, 5) is 0. The van der Waals surface area contributed by atoms with E-state index in [1.54, 1.807) is 0 Å². The van der Waals surface area contributed by atoms with Gasteiger partial charge < -0.3 is 10.1 Å². The zero-order chi connectivity index (χ0) is 12.8. The average molecular weight is 286 g/mol. The minimum Gasteiger partial charge on any atom is -0.493 e. The smallest absolute Gasteiger partial charge is 0.123 e. The first-order valence-corrected chi connectivity index (χ1v) is 8.20. The molecule has 4 heteroatoms. The second-order valence-electron chi connectivity index (χ2n) is 4.60. The molecule has 18 heavy (non-hydrogen) atoms. The molecule has 0 saturated heterocycles. The summed E-state index contributed by atoms with van der Waals surface area (Å²) in [5.41, 5.74) is 1.17. The second-order valence-corrected chi connectivity index (χ2v) is 6.02. The summed E-state index contributed by atoms with van der Waals surface area (Å²) >= 11 is 7.90. The van der Waals surface area contributed by atoms with Gasteiger partial charge >= 0.3 is 0 Å². The van der Waals surface area contributed by atoms with Gasteiger partial charge in [0.25, 0.3) is 0 Å². The van der Waals surface area contributed by atoms with Gasteiger partial charge in [-0.05, 0) is 49.5 Å². The van der Waals surface area contributed by atoms with Crippen LogP contribution in [0.3, 0.4) is 0 Å². The first-order chi connectivity index (χ1) is 8.79. The van der Waals surface area contributed by atoms with Crippen molar-refractivity contribution in [2.75, 3.05) is 18.6 Å². The maximum atomic E-state index is 6.04. The van der Waals surface area contributed by atoms with Crippen LogP contribution in [0.15, 0.2) is 18.2 Å². The van der Waals surface area contributed by atoms with Crippen LogP contribution in [0.5, 0.6) is 5.75 Å². The molecule has 0 radical (unpaired) electrons. The first-order valence-electron chi connectivity index (χ1n) is 6.43. The fourth-order valence-electron chi connectivity index (χ4n) is 1.75. The molecule has 0 amide bonds. The van der Waals surface area contributed by atoms with Crippen LogP contribution in [-0.4, -0.2) is 24.7 Å². The third kappa shape index (κ3) is 4.71. The number of hydrogen-bond acceptors (Lipinski definition) is 3. The van der Waals surface area contributed by atoms with E-state index in [2.05, 4.69) is 11.6 Å². The topological polar surface area (TPSA) is 21.3 Å². The molecular weight excluding hydrogens is 266 g/mol. The summed E-state index contributed by atoms with van der Waals surface area (Å²) in [6.07, 6.45) is 5.79. The van der Waals surface area contributed by atoms with Gasteiger partial charge in [0.15, 0.2) is 0 Å². The number of rotatable bonds is 8. The molecule has 1 aromatic carbocycles. The Morgan fingerprint density at radius 1 is 1.44 bits per heavy atom. The zero-order valence-corrected chi connectivity index (χ0v) is 12.3. The van der Waals surface area contributed by atoms with Crippen molar-refractivity contribution in [1.82, 2.24) is 5.32 Å². The maximum absolute atomic E-state index is 6.04. The van der Waals surface area contributed by atoms with Gasteiger partial charge in [0.05, 0.1) is 6.61 Å². The summed E-state index contributed by atoms with van der Waals surface area (Å²) in [7, 11) is 0. The lowest BCUT2D eigenvalue weighted by Crippen LogP contribution is -2.16. The molecule has 0 aromatic heterocycles. The number of ether oxygens (including phenoxy) is 1. The summed E-state index contributed by atoms with van der Waals surface area (Å²) in [6, 6.07) is 6.58. The predicted molar refractivity (Wildman–Crippen MR) is 79.8 cm³/mol. The highest BCUT2D eigenvalue weighted by molar-refractivity contribution is 7.98. The number of nitrogens with one attached hydrogen (secondary N) is 1. The van der Waals surface area contributed by atoms with Crippen LogP contribution in [0.1, 0.15) is 24.8 Å². The van der Waals surface area contributed by atoms with Crippen LogP contribution < -0.4 is 10.1 Å². The molecule has 1 aliphatic rings. The third-order valence-electron chi connectivity index (χ3n) is 2.93. The van der Waals surface area contributed by atoms with E-state index in [1.165, 1.54) is 18.4 Å². The van der Waals surface area contributed by atoms with Crippen molar-refractivity contribution in [3.8, 4) is 5.75 Å². The fraction of sp³-hybridized carbons (Fsp3) is 0.571. The van der Waals surface area contributed by atoms with Gasteiger partial charge in [0, 0.05) is 23.2 Å². The Bertz CT molecular complexity index is 382. The molecular formula is C14H20ClNOS. The van der Waals surface area contributed by atoms with Crippen LogP contribution in [0.4, 0.5) is 0 Å². The molecule has 0 atom stereocenters. The van der Waals surface area contributed by atoms with Gasteiger partial charge in [-0.15, -0.1) is 0 Å². The first kappa shape index (κ1) is 14.0. The SMILES string of the molecule is CSCCCOc1ccc(Cl)cc1CNC1CC1. The second kappa shape index (κ2) is 7.27. The van der Waals surface area contributed by atoms with Crippen molar-refractivity contribution in [3.63, 3.8) is 0 Å². The highest BCUT2D eigenvalue weighted by Gasteiger charge is 2.20. The minimum absolute atomic E-state index is 0.702. The number of benzene rings is 1. The van der Waals surface area contributed by atoms with E-state index < -0.39 is 0 Å². The van der Waals surface area contributed by atoms with Crippen molar-refractivity contribution in [2.45, 2.75) is 31.8 Å². The Morgan fingerprint density at radius 3 is 3.00 bits per heavy atom. The highest BCUT2D eigenvalue weighted by atomic mass is 35.5. The molecule has 100 valence electrons. The quantitative estimate of drug-likeness (QED) is 0.736. The van der Waals surface area contributed by atoms with Gasteiger partial charge in [-0.25, -0.2) is 0 Å². The number of thioether (sulfide) groups is 1. The summed E-state index contributed by atoms with van der Waals surface area (Å²) in [5.74, 6) is 2.11. The van der Waals surface area contributed by atoms with Crippen LogP contribution in [0.2, 0.25) is 5.02 Å². The number of hydrogen-bond donors (Lipinski definition) is 1. The van der Waals surface area contributed by atoms with E-state index >= 15 is 0 Å². The molecule has 0 bridgehead atoms. The van der Waals surface area contributed by atoms with Gasteiger partial charge in [-0.1, -0.05) is 11.6 Å². The molecule has 1 aromatic rings. The molecule has 2 nitrogen and oxygen atoms in total. The van der Waals surface area contributed by atoms with Crippen LogP contribution in [0.25, 0.3) is 0 Å². The Morgan fingerprint density at radius 2 is 2.28 bits per heavy atom. The highest BCUT2D eigenvalue weighted by Crippen LogP contribution is 2.25. The molecule has 0 aliphatic heterocycles. The standard InChI is InChI=1S/C14H20ClNOS/c1-18-8-2-7-17-14-6-3-12(15)9-11(14)10-16-13-4-5-13/h3,6,9,13,16H,2,4-5,7-8,10H2,1H3. The Balaban J connectivity index is 1.88. The van der Waals surface area contributed by atoms with E-state index in [-0.39, 0.29) is 0 Å². The molecule has 0 unspecified atom stereocenters. The average Bonchev–Trinajstić information content (AvgIpc) is 3.18. The fourth-order valence-corrected chi connectivity index (χ4v) is 2.36. The van der Waals surface area contributed by atoms with Crippen molar-refractivity contribution >= 4 is 23.4 Å². The van der Waals surface area contributed by atoms with Gasteiger partial charge in [0.1, 0.15) is 5.75 Å². The van der Waals surface area contributed by atoms with Gasteiger partial charge in [-0.2, -0.15) is 11.8 Å². The molecule has 1 saturated carbocycles. The lowest BCUT2D eigenvalue weighted by atomic mass is 10.2. The monoisotopic (exact) mass is 285 g/mol. The van der Waals surface area contributed by atoms with Gasteiger partial charge in [0.2, 0.25) is 0 Å². The Hall–Kier alpha value is -0.380. The molecule has 1 fully saturated rings. The lowest BCUT2D eigenvalue weighted by Gasteiger charge is -2.12. The lowest BCUT2D eigenvalue weighted by molar-refractivity contribution is 0.314. The normalized spacial score (nSPS) is 14.8. The van der Waals surface area contributed by atoms with Gasteiger partial charge in [-0.3, -0.25) is 0 Å². The molecule has 2 rings (SSSR count). The van der Waals surface area contributed by atoms with E-state index in [4.69, 9.17) is 16.3 Å². The maximum Gasteiger partial charge on any atom is 0.123 e. The van der Waals surface area contributed by atoms with Crippen molar-refractivity contribution < 1.29 is 4.74 Å². The van der Waals surface area contributed by atoms with Crippen molar-refractivity contribution in [2.24, 2.45) is 0 Å². The molecule has 0 heterocycles. The predicted octanol–water partition coefficient (Wildman–Crippen LogP) is 3.72. The minimum atomic E-state index is 0.702. The molecule has 0 spiro atoms. The summed E-state index contributed by atoms with van der Waals surface area (Å²) < 4.78 is 5.83. The zero-order valence-electron chi connectivity index (χ0n) is 10.7. The van der Waals surface area contributed by atoms with E-state index in [0.717, 1.165) is 36.1 Å². The number of halogens is 1. The van der Waals surface area contributed by atoms with Crippen molar-refractivity contribution in [1.29, 1.82) is 0 Å². The van der Waals surface area contributed by atoms with Crippen LogP contribution in [0, 0.1) is 0 Å². The Kier molecular flexibility index (Phi) is 5.67. The van der Waals surface area contributed by atoms with E-state index in [1.807, 2.05) is 30.0 Å². The van der Waals surface area contributed by atoms with Crippen LogP contribution >= 0.6 is 23.4 Å². The molecule has 1 N–H and O–H groups in total. The summed E-state index contributed by atoms with van der Waals surface area (Å²) in [6.45, 7) is 1.63. The Labute approximate surface area is 118 Å². The molecule has 1 aliphatic carbocycles. The van der Waals surface area contributed by atoms with Crippen molar-refractivity contribution in [3.05, 3.63) is 28.8 Å². The largest absolute Gasteiger partial charge is 0.493 e. The van der Waals surface area contributed by atoms with E-state index in [9.17, 15) is 0 Å². The van der Waals surface area contributed by atoms with Crippen LogP contribution in [-0.2, 0) is 6.54 Å².